The second kappa shape index (κ2) is 4.75. The van der Waals surface area contributed by atoms with E-state index in [0.717, 1.165) is 25.0 Å². The third kappa shape index (κ3) is 1.98. The molecule has 16 heavy (non-hydrogen) atoms. The highest BCUT2D eigenvalue weighted by Gasteiger charge is 2.43. The molecule has 0 aromatic heterocycles. The van der Waals surface area contributed by atoms with Gasteiger partial charge in [0.15, 0.2) is 5.78 Å². The third-order valence-electron chi connectivity index (χ3n) is 3.42. The lowest BCUT2D eigenvalue weighted by molar-refractivity contribution is -0.139. The quantitative estimate of drug-likeness (QED) is 0.771. The van der Waals surface area contributed by atoms with E-state index in [1.54, 1.807) is 6.92 Å². The Morgan fingerprint density at radius 1 is 1.44 bits per heavy atom. The lowest BCUT2D eigenvalue weighted by Crippen LogP contribution is -2.50. The Morgan fingerprint density at radius 2 is 2.19 bits per heavy atom. The van der Waals surface area contributed by atoms with Crippen molar-refractivity contribution in [2.24, 2.45) is 0 Å². The number of hydrogen-bond acceptors (Lipinski definition) is 4. The van der Waals surface area contributed by atoms with E-state index in [0.29, 0.717) is 0 Å². The van der Waals surface area contributed by atoms with Crippen LogP contribution in [0.1, 0.15) is 26.2 Å². The maximum absolute atomic E-state index is 12.3. The number of Topliss-reactive ketones (excluding diaryl/α,β-unsaturated/α-hetero) is 1. The Labute approximate surface area is 100 Å². The molecular formula is C11H18N2O2S. The number of carbonyl (C=O) groups is 2. The highest BCUT2D eigenvalue weighted by Crippen LogP contribution is 2.35. The molecule has 2 heterocycles. The number of thioether (sulfide) groups is 1. The minimum absolute atomic E-state index is 0.107. The van der Waals surface area contributed by atoms with Crippen LogP contribution in [0.15, 0.2) is 0 Å². The number of ketones is 1. The summed E-state index contributed by atoms with van der Waals surface area (Å²) in [6, 6.07) is -0.295. The van der Waals surface area contributed by atoms with Crippen LogP contribution in [-0.2, 0) is 9.59 Å². The molecule has 0 aromatic carbocycles. The maximum Gasteiger partial charge on any atom is 0.241 e. The average molecular weight is 242 g/mol. The predicted octanol–water partition coefficient (Wildman–Crippen LogP) is 0.617. The van der Waals surface area contributed by atoms with Gasteiger partial charge in [0.2, 0.25) is 5.91 Å². The Hall–Kier alpha value is -0.550. The van der Waals surface area contributed by atoms with E-state index >= 15 is 0 Å². The van der Waals surface area contributed by atoms with Gasteiger partial charge in [-0.25, -0.2) is 0 Å². The summed E-state index contributed by atoms with van der Waals surface area (Å²) in [5.74, 6) is 1.21. The van der Waals surface area contributed by atoms with Crippen molar-refractivity contribution in [1.82, 2.24) is 10.2 Å². The van der Waals surface area contributed by atoms with Crippen molar-refractivity contribution in [3.05, 3.63) is 0 Å². The van der Waals surface area contributed by atoms with Crippen molar-refractivity contribution in [3.63, 3.8) is 0 Å². The Bertz CT molecular complexity index is 308. The van der Waals surface area contributed by atoms with Crippen molar-refractivity contribution < 1.29 is 9.59 Å². The molecule has 1 amide bonds. The van der Waals surface area contributed by atoms with Gasteiger partial charge >= 0.3 is 0 Å². The second-order valence-corrected chi connectivity index (χ2v) is 5.69. The van der Waals surface area contributed by atoms with Crippen molar-refractivity contribution in [1.29, 1.82) is 0 Å². The molecule has 0 saturated carbocycles. The van der Waals surface area contributed by atoms with Crippen molar-refractivity contribution in [3.8, 4) is 0 Å². The minimum Gasteiger partial charge on any atom is -0.319 e. The van der Waals surface area contributed by atoms with Crippen LogP contribution in [0.2, 0.25) is 0 Å². The summed E-state index contributed by atoms with van der Waals surface area (Å²) in [5.41, 5.74) is 0. The van der Waals surface area contributed by atoms with Gasteiger partial charge in [0, 0.05) is 0 Å². The monoisotopic (exact) mass is 242 g/mol. The molecule has 0 aromatic rings. The number of hydrogen-bond donors (Lipinski definition) is 1. The molecule has 2 fully saturated rings. The van der Waals surface area contributed by atoms with Crippen molar-refractivity contribution in [2.75, 3.05) is 12.8 Å². The first-order valence-corrected chi connectivity index (χ1v) is 6.81. The highest BCUT2D eigenvalue weighted by molar-refractivity contribution is 7.99. The van der Waals surface area contributed by atoms with E-state index in [1.807, 2.05) is 23.7 Å². The zero-order chi connectivity index (χ0) is 11.7. The standard InChI is InChI=1S/C11H18N2O2S/c1-7(14)9-3-4-10-13(9)11(15)8(12-2)5-6-16-10/h8-10,12H,3-6H2,1-2H3. The first-order valence-electron chi connectivity index (χ1n) is 5.76. The molecule has 3 atom stereocenters. The number of nitrogens with zero attached hydrogens (tertiary/aromatic N) is 1. The van der Waals surface area contributed by atoms with Gasteiger partial charge in [-0.3, -0.25) is 9.59 Å². The minimum atomic E-state index is -0.182. The Kier molecular flexibility index (Phi) is 3.54. The van der Waals surface area contributed by atoms with Gasteiger partial charge in [-0.15, -0.1) is 11.8 Å². The van der Waals surface area contributed by atoms with Gasteiger partial charge in [-0.05, 0) is 39.0 Å². The SMILES string of the molecule is CNC1CCSC2CCC(C(C)=O)N2C1=O. The summed E-state index contributed by atoms with van der Waals surface area (Å²) in [6.45, 7) is 1.59. The fourth-order valence-electron chi connectivity index (χ4n) is 2.53. The van der Waals surface area contributed by atoms with Gasteiger partial charge in [0.1, 0.15) is 0 Å². The van der Waals surface area contributed by atoms with Crippen LogP contribution in [0, 0.1) is 0 Å². The molecule has 2 aliphatic rings. The first-order chi connectivity index (χ1) is 7.65. The van der Waals surface area contributed by atoms with E-state index in [-0.39, 0.29) is 29.1 Å². The van der Waals surface area contributed by atoms with E-state index in [9.17, 15) is 9.59 Å². The average Bonchev–Trinajstić information content (AvgIpc) is 2.61. The predicted molar refractivity (Wildman–Crippen MR) is 64.3 cm³/mol. The van der Waals surface area contributed by atoms with E-state index in [4.69, 9.17) is 0 Å². The third-order valence-corrected chi connectivity index (χ3v) is 4.74. The molecule has 2 saturated heterocycles. The Morgan fingerprint density at radius 3 is 2.81 bits per heavy atom. The first kappa shape index (κ1) is 11.9. The van der Waals surface area contributed by atoms with Gasteiger partial charge < -0.3 is 10.2 Å². The second-order valence-electron chi connectivity index (χ2n) is 4.40. The summed E-state index contributed by atoms with van der Waals surface area (Å²) in [6.07, 6.45) is 2.64. The molecule has 2 rings (SSSR count). The molecule has 0 spiro atoms. The molecule has 3 unspecified atom stereocenters. The lowest BCUT2D eigenvalue weighted by atomic mass is 10.1. The van der Waals surface area contributed by atoms with E-state index in [2.05, 4.69) is 5.32 Å². The number of carbonyl (C=O) groups excluding carboxylic acids is 2. The molecule has 1 N–H and O–H groups in total. The van der Waals surface area contributed by atoms with E-state index < -0.39 is 0 Å². The maximum atomic E-state index is 12.3. The number of amides is 1. The smallest absolute Gasteiger partial charge is 0.241 e. The lowest BCUT2D eigenvalue weighted by Gasteiger charge is -2.28. The molecule has 5 heteroatoms. The summed E-state index contributed by atoms with van der Waals surface area (Å²) in [7, 11) is 1.81. The number of likely N-dealkylation sites (N-methyl/N-ethyl adjacent to an activating group) is 1. The van der Waals surface area contributed by atoms with Gasteiger partial charge in [0.25, 0.3) is 0 Å². The number of rotatable bonds is 2. The molecular weight excluding hydrogens is 224 g/mol. The largest absolute Gasteiger partial charge is 0.319 e. The Balaban J connectivity index is 2.22. The highest BCUT2D eigenvalue weighted by atomic mass is 32.2. The fraction of sp³-hybridized carbons (Fsp3) is 0.818. The van der Waals surface area contributed by atoms with Gasteiger partial charge in [-0.1, -0.05) is 0 Å². The molecule has 4 nitrogen and oxygen atoms in total. The van der Waals surface area contributed by atoms with Gasteiger partial charge in [-0.2, -0.15) is 0 Å². The molecule has 0 aliphatic carbocycles. The van der Waals surface area contributed by atoms with Gasteiger partial charge in [0.05, 0.1) is 17.5 Å². The number of nitrogens with one attached hydrogen (secondary N) is 1. The van der Waals surface area contributed by atoms with Crippen LogP contribution in [-0.4, -0.2) is 46.8 Å². The summed E-state index contributed by atoms with van der Waals surface area (Å²) < 4.78 is 0. The zero-order valence-electron chi connectivity index (χ0n) is 9.73. The fourth-order valence-corrected chi connectivity index (χ4v) is 3.89. The van der Waals surface area contributed by atoms with Crippen molar-refractivity contribution in [2.45, 2.75) is 43.6 Å². The van der Waals surface area contributed by atoms with Crippen LogP contribution in [0.25, 0.3) is 0 Å². The van der Waals surface area contributed by atoms with Crippen LogP contribution in [0.3, 0.4) is 0 Å². The van der Waals surface area contributed by atoms with Crippen LogP contribution in [0.4, 0.5) is 0 Å². The molecule has 2 aliphatic heterocycles. The normalized spacial score (nSPS) is 34.8. The molecule has 90 valence electrons. The van der Waals surface area contributed by atoms with Crippen LogP contribution >= 0.6 is 11.8 Å². The van der Waals surface area contributed by atoms with Crippen molar-refractivity contribution >= 4 is 23.5 Å². The molecule has 0 bridgehead atoms. The zero-order valence-corrected chi connectivity index (χ0v) is 10.5. The summed E-state index contributed by atoms with van der Waals surface area (Å²) >= 11 is 1.81. The van der Waals surface area contributed by atoms with Crippen LogP contribution in [0.5, 0.6) is 0 Å². The van der Waals surface area contributed by atoms with E-state index in [1.165, 1.54) is 0 Å². The number of fused-ring (bicyclic) bond motifs is 1. The van der Waals surface area contributed by atoms with Crippen LogP contribution < -0.4 is 5.32 Å². The summed E-state index contributed by atoms with van der Waals surface area (Å²) in [4.78, 5) is 25.6. The molecule has 0 radical (unpaired) electrons. The summed E-state index contributed by atoms with van der Waals surface area (Å²) in [5, 5.41) is 3.27. The topological polar surface area (TPSA) is 49.4 Å².